The molecule has 0 aliphatic carbocycles. The number of nitrogens with zero attached hydrogens (tertiary/aromatic N) is 1. The van der Waals surface area contributed by atoms with Crippen LogP contribution in [-0.2, 0) is 4.74 Å². The van der Waals surface area contributed by atoms with Crippen LogP contribution in [-0.4, -0.2) is 36.2 Å². The maximum Gasteiger partial charge on any atom is 0.322 e. The molecular formula is C14H19ClN2O2. The Balaban J connectivity index is 2.06. The minimum Gasteiger partial charge on any atom is -0.372 e. The van der Waals surface area contributed by atoms with Crippen LogP contribution in [0.1, 0.15) is 19.4 Å². The maximum atomic E-state index is 12.2. The van der Waals surface area contributed by atoms with E-state index in [1.165, 1.54) is 0 Å². The average molecular weight is 283 g/mol. The standard InChI is InChI=1S/C14H19ClN2O2/c1-9-4-5-12(15)6-13(9)16-14(18)17-7-10(2)19-11(3)8-17/h4-6,10-11H,7-8H2,1-3H3,(H,16,18)/t10-,11+. The molecule has 0 bridgehead atoms. The molecule has 1 aromatic rings. The molecule has 2 rings (SSSR count). The van der Waals surface area contributed by atoms with Crippen LogP contribution >= 0.6 is 11.6 Å². The fourth-order valence-electron chi connectivity index (χ4n) is 2.27. The molecule has 2 atom stereocenters. The molecule has 4 nitrogen and oxygen atoms in total. The van der Waals surface area contributed by atoms with E-state index >= 15 is 0 Å². The number of hydrogen-bond donors (Lipinski definition) is 1. The Kier molecular flexibility index (Phi) is 4.32. The van der Waals surface area contributed by atoms with E-state index in [1.807, 2.05) is 32.9 Å². The first kappa shape index (κ1) is 14.2. The number of nitrogens with one attached hydrogen (secondary N) is 1. The molecule has 5 heteroatoms. The summed E-state index contributed by atoms with van der Waals surface area (Å²) >= 11 is 5.95. The molecule has 19 heavy (non-hydrogen) atoms. The minimum atomic E-state index is -0.104. The van der Waals surface area contributed by atoms with Gasteiger partial charge in [0.25, 0.3) is 0 Å². The van der Waals surface area contributed by atoms with Gasteiger partial charge in [-0.05, 0) is 38.5 Å². The Morgan fingerprint density at radius 2 is 2.00 bits per heavy atom. The van der Waals surface area contributed by atoms with Gasteiger partial charge in [0.2, 0.25) is 0 Å². The first-order valence-electron chi connectivity index (χ1n) is 6.43. The molecule has 1 saturated heterocycles. The van der Waals surface area contributed by atoms with Gasteiger partial charge in [-0.25, -0.2) is 4.79 Å². The summed E-state index contributed by atoms with van der Waals surface area (Å²) in [5, 5.41) is 3.52. The molecule has 104 valence electrons. The summed E-state index contributed by atoms with van der Waals surface area (Å²) in [5.41, 5.74) is 1.75. The Labute approximate surface area is 118 Å². The summed E-state index contributed by atoms with van der Waals surface area (Å²) < 4.78 is 5.62. The van der Waals surface area contributed by atoms with E-state index in [4.69, 9.17) is 16.3 Å². The van der Waals surface area contributed by atoms with E-state index < -0.39 is 0 Å². The molecular weight excluding hydrogens is 264 g/mol. The lowest BCUT2D eigenvalue weighted by Crippen LogP contribution is -2.49. The molecule has 1 aliphatic heterocycles. The molecule has 1 aliphatic rings. The summed E-state index contributed by atoms with van der Waals surface area (Å²) in [6, 6.07) is 5.36. The van der Waals surface area contributed by atoms with Gasteiger partial charge in [0.1, 0.15) is 0 Å². The molecule has 0 saturated carbocycles. The Morgan fingerprint density at radius 3 is 2.63 bits per heavy atom. The number of carbonyl (C=O) groups excluding carboxylic acids is 1. The highest BCUT2D eigenvalue weighted by Gasteiger charge is 2.26. The van der Waals surface area contributed by atoms with Crippen molar-refractivity contribution in [3.8, 4) is 0 Å². The number of anilines is 1. The number of ether oxygens (including phenoxy) is 1. The zero-order valence-electron chi connectivity index (χ0n) is 11.4. The maximum absolute atomic E-state index is 12.2. The highest BCUT2D eigenvalue weighted by molar-refractivity contribution is 6.31. The van der Waals surface area contributed by atoms with E-state index in [0.29, 0.717) is 18.1 Å². The van der Waals surface area contributed by atoms with Crippen LogP contribution in [0.2, 0.25) is 5.02 Å². The number of benzene rings is 1. The predicted octanol–water partition coefficient (Wildman–Crippen LogP) is 3.29. The lowest BCUT2D eigenvalue weighted by molar-refractivity contribution is -0.0530. The number of morpholine rings is 1. The van der Waals surface area contributed by atoms with Gasteiger partial charge >= 0.3 is 6.03 Å². The topological polar surface area (TPSA) is 41.6 Å². The van der Waals surface area contributed by atoms with Gasteiger partial charge in [-0.15, -0.1) is 0 Å². The van der Waals surface area contributed by atoms with Gasteiger partial charge in [-0.2, -0.15) is 0 Å². The number of amides is 2. The molecule has 0 aromatic heterocycles. The summed E-state index contributed by atoms with van der Waals surface area (Å²) in [6.07, 6.45) is 0.130. The SMILES string of the molecule is Cc1ccc(Cl)cc1NC(=O)N1C[C@@H](C)O[C@@H](C)C1. The van der Waals surface area contributed by atoms with E-state index in [0.717, 1.165) is 11.3 Å². The van der Waals surface area contributed by atoms with E-state index in [9.17, 15) is 4.79 Å². The van der Waals surface area contributed by atoms with Gasteiger partial charge in [0.05, 0.1) is 12.2 Å². The van der Waals surface area contributed by atoms with Gasteiger partial charge in [-0.3, -0.25) is 0 Å². The van der Waals surface area contributed by atoms with Crippen molar-refractivity contribution in [1.82, 2.24) is 4.90 Å². The van der Waals surface area contributed by atoms with E-state index in [1.54, 1.807) is 11.0 Å². The van der Waals surface area contributed by atoms with Crippen molar-refractivity contribution in [3.63, 3.8) is 0 Å². The van der Waals surface area contributed by atoms with Gasteiger partial charge in [0.15, 0.2) is 0 Å². The fraction of sp³-hybridized carbons (Fsp3) is 0.500. The fourth-order valence-corrected chi connectivity index (χ4v) is 2.44. The van der Waals surface area contributed by atoms with Crippen molar-refractivity contribution in [2.75, 3.05) is 18.4 Å². The van der Waals surface area contributed by atoms with Crippen molar-refractivity contribution >= 4 is 23.3 Å². The highest BCUT2D eigenvalue weighted by Crippen LogP contribution is 2.21. The molecule has 1 fully saturated rings. The largest absolute Gasteiger partial charge is 0.372 e. The molecule has 1 heterocycles. The lowest BCUT2D eigenvalue weighted by Gasteiger charge is -2.35. The minimum absolute atomic E-state index is 0.0648. The molecule has 0 unspecified atom stereocenters. The van der Waals surface area contributed by atoms with Crippen LogP contribution in [0.15, 0.2) is 18.2 Å². The first-order chi connectivity index (χ1) is 8.95. The Hall–Kier alpha value is -1.26. The van der Waals surface area contributed by atoms with Crippen molar-refractivity contribution in [1.29, 1.82) is 0 Å². The molecule has 1 aromatic carbocycles. The van der Waals surface area contributed by atoms with E-state index in [2.05, 4.69) is 5.32 Å². The predicted molar refractivity (Wildman–Crippen MR) is 76.8 cm³/mol. The second-order valence-corrected chi connectivity index (χ2v) is 5.49. The number of urea groups is 1. The lowest BCUT2D eigenvalue weighted by atomic mass is 10.2. The van der Waals surface area contributed by atoms with Gasteiger partial charge < -0.3 is 15.0 Å². The van der Waals surface area contributed by atoms with Crippen molar-refractivity contribution in [2.24, 2.45) is 0 Å². The summed E-state index contributed by atoms with van der Waals surface area (Å²) in [6.45, 7) is 7.10. The van der Waals surface area contributed by atoms with Crippen molar-refractivity contribution < 1.29 is 9.53 Å². The molecule has 0 spiro atoms. The van der Waals surface area contributed by atoms with Crippen molar-refractivity contribution in [3.05, 3.63) is 28.8 Å². The number of rotatable bonds is 1. The number of aryl methyl sites for hydroxylation is 1. The number of halogens is 1. The van der Waals surface area contributed by atoms with Gasteiger partial charge in [0, 0.05) is 23.8 Å². The van der Waals surface area contributed by atoms with Crippen molar-refractivity contribution in [2.45, 2.75) is 33.0 Å². The highest BCUT2D eigenvalue weighted by atomic mass is 35.5. The second-order valence-electron chi connectivity index (χ2n) is 5.05. The monoisotopic (exact) mass is 282 g/mol. The number of carbonyl (C=O) groups is 1. The number of hydrogen-bond acceptors (Lipinski definition) is 2. The zero-order valence-corrected chi connectivity index (χ0v) is 12.2. The normalized spacial score (nSPS) is 23.3. The van der Waals surface area contributed by atoms with Crippen LogP contribution in [0.25, 0.3) is 0 Å². The Morgan fingerprint density at radius 1 is 1.37 bits per heavy atom. The zero-order chi connectivity index (χ0) is 14.0. The second kappa shape index (κ2) is 5.80. The third-order valence-corrected chi connectivity index (χ3v) is 3.38. The third kappa shape index (κ3) is 3.61. The molecule has 0 radical (unpaired) electrons. The average Bonchev–Trinajstić information content (AvgIpc) is 2.32. The third-order valence-electron chi connectivity index (χ3n) is 3.15. The Bertz CT molecular complexity index is 469. The van der Waals surface area contributed by atoms with Gasteiger partial charge in [-0.1, -0.05) is 17.7 Å². The van der Waals surface area contributed by atoms with E-state index in [-0.39, 0.29) is 18.2 Å². The quantitative estimate of drug-likeness (QED) is 0.859. The van der Waals surface area contributed by atoms with Crippen LogP contribution in [0, 0.1) is 6.92 Å². The van der Waals surface area contributed by atoms with Crippen LogP contribution < -0.4 is 5.32 Å². The molecule has 1 N–H and O–H groups in total. The smallest absolute Gasteiger partial charge is 0.322 e. The summed E-state index contributed by atoms with van der Waals surface area (Å²) in [5.74, 6) is 0. The van der Waals surface area contributed by atoms with Crippen LogP contribution in [0.5, 0.6) is 0 Å². The summed E-state index contributed by atoms with van der Waals surface area (Å²) in [7, 11) is 0. The summed E-state index contributed by atoms with van der Waals surface area (Å²) in [4.78, 5) is 14.0. The van der Waals surface area contributed by atoms with Crippen LogP contribution in [0.4, 0.5) is 10.5 Å². The van der Waals surface area contributed by atoms with Crippen LogP contribution in [0.3, 0.4) is 0 Å². The molecule has 2 amide bonds. The first-order valence-corrected chi connectivity index (χ1v) is 6.81.